The van der Waals surface area contributed by atoms with Crippen molar-refractivity contribution in [3.63, 3.8) is 0 Å². The largest absolute Gasteiger partial charge is 0.297 e. The summed E-state index contributed by atoms with van der Waals surface area (Å²) in [4.78, 5) is 5.60. The number of nitrogens with zero attached hydrogens (tertiary/aromatic N) is 2. The van der Waals surface area contributed by atoms with E-state index in [0.717, 1.165) is 28.5 Å². The molecular formula is C14H15ClN4S. The Morgan fingerprint density at radius 2 is 2.10 bits per heavy atom. The van der Waals surface area contributed by atoms with Gasteiger partial charge in [0.05, 0.1) is 5.69 Å². The second-order valence-corrected chi connectivity index (χ2v) is 6.03. The van der Waals surface area contributed by atoms with Crippen molar-refractivity contribution in [3.05, 3.63) is 58.3 Å². The lowest BCUT2D eigenvalue weighted by Gasteiger charge is -2.14. The molecule has 0 saturated heterocycles. The highest BCUT2D eigenvalue weighted by Gasteiger charge is 2.12. The Morgan fingerprint density at radius 3 is 2.80 bits per heavy atom. The van der Waals surface area contributed by atoms with Crippen molar-refractivity contribution in [1.29, 1.82) is 0 Å². The zero-order valence-electron chi connectivity index (χ0n) is 10.8. The standard InChI is InChI=1S/C14H15ClN4S/c15-11-3-1-10(2-4-11)7-12(18-16)8-13-9-19-5-6-20-14(19)17-13/h1-6,9,12,18H,7-8,16H2. The van der Waals surface area contributed by atoms with Gasteiger partial charge in [0.1, 0.15) is 0 Å². The number of aromatic nitrogens is 2. The molecule has 6 heteroatoms. The van der Waals surface area contributed by atoms with E-state index < -0.39 is 0 Å². The zero-order valence-corrected chi connectivity index (χ0v) is 12.4. The van der Waals surface area contributed by atoms with Crippen molar-refractivity contribution in [2.45, 2.75) is 18.9 Å². The highest BCUT2D eigenvalue weighted by Crippen LogP contribution is 2.15. The second kappa shape index (κ2) is 5.93. The van der Waals surface area contributed by atoms with Gasteiger partial charge in [0.15, 0.2) is 4.96 Å². The number of hydrogen-bond donors (Lipinski definition) is 2. The van der Waals surface area contributed by atoms with Crippen LogP contribution in [0.4, 0.5) is 0 Å². The van der Waals surface area contributed by atoms with Crippen LogP contribution in [0, 0.1) is 0 Å². The van der Waals surface area contributed by atoms with E-state index in [1.54, 1.807) is 11.3 Å². The monoisotopic (exact) mass is 306 g/mol. The minimum atomic E-state index is 0.154. The smallest absolute Gasteiger partial charge is 0.193 e. The van der Waals surface area contributed by atoms with Crippen LogP contribution in [0.15, 0.2) is 42.0 Å². The molecule has 0 saturated carbocycles. The molecule has 2 aromatic heterocycles. The third-order valence-corrected chi connectivity index (χ3v) is 4.25. The Bertz CT molecular complexity index is 660. The van der Waals surface area contributed by atoms with Crippen molar-refractivity contribution < 1.29 is 0 Å². The van der Waals surface area contributed by atoms with Crippen LogP contribution in [0.2, 0.25) is 5.02 Å². The molecule has 2 heterocycles. The summed E-state index contributed by atoms with van der Waals surface area (Å²) >= 11 is 7.53. The zero-order chi connectivity index (χ0) is 13.9. The van der Waals surface area contributed by atoms with Crippen molar-refractivity contribution in [3.8, 4) is 0 Å². The molecule has 4 nitrogen and oxygen atoms in total. The van der Waals surface area contributed by atoms with Gasteiger partial charge < -0.3 is 0 Å². The highest BCUT2D eigenvalue weighted by atomic mass is 35.5. The molecule has 1 atom stereocenters. The van der Waals surface area contributed by atoms with Crippen LogP contribution in [0.25, 0.3) is 4.96 Å². The Morgan fingerprint density at radius 1 is 1.30 bits per heavy atom. The van der Waals surface area contributed by atoms with E-state index in [1.165, 1.54) is 5.56 Å². The van der Waals surface area contributed by atoms with E-state index in [4.69, 9.17) is 17.4 Å². The first-order valence-electron chi connectivity index (χ1n) is 6.36. The fraction of sp³-hybridized carbons (Fsp3) is 0.214. The predicted molar refractivity (Wildman–Crippen MR) is 83.0 cm³/mol. The molecule has 0 fully saturated rings. The average Bonchev–Trinajstić information content (AvgIpc) is 3.01. The summed E-state index contributed by atoms with van der Waals surface area (Å²) in [7, 11) is 0. The fourth-order valence-electron chi connectivity index (χ4n) is 2.22. The maximum atomic E-state index is 5.89. The number of imidazole rings is 1. The summed E-state index contributed by atoms with van der Waals surface area (Å²) in [6.07, 6.45) is 5.71. The second-order valence-electron chi connectivity index (χ2n) is 4.72. The minimum Gasteiger partial charge on any atom is -0.297 e. The van der Waals surface area contributed by atoms with Gasteiger partial charge in [-0.2, -0.15) is 0 Å². The molecule has 0 bridgehead atoms. The summed E-state index contributed by atoms with van der Waals surface area (Å²) in [6.45, 7) is 0. The maximum absolute atomic E-state index is 5.89. The first-order chi connectivity index (χ1) is 9.74. The van der Waals surface area contributed by atoms with E-state index >= 15 is 0 Å². The van der Waals surface area contributed by atoms with Gasteiger partial charge in [0.2, 0.25) is 0 Å². The van der Waals surface area contributed by atoms with Crippen LogP contribution in [0.1, 0.15) is 11.3 Å². The molecule has 1 aromatic carbocycles. The molecule has 3 N–H and O–H groups in total. The topological polar surface area (TPSA) is 55.3 Å². The van der Waals surface area contributed by atoms with Gasteiger partial charge in [0.25, 0.3) is 0 Å². The lowest BCUT2D eigenvalue weighted by Crippen LogP contribution is -2.38. The summed E-state index contributed by atoms with van der Waals surface area (Å²) in [5.41, 5.74) is 5.13. The van der Waals surface area contributed by atoms with Gasteiger partial charge in [-0.25, -0.2) is 4.98 Å². The van der Waals surface area contributed by atoms with Crippen LogP contribution < -0.4 is 11.3 Å². The van der Waals surface area contributed by atoms with Crippen molar-refractivity contribution in [1.82, 2.24) is 14.8 Å². The number of nitrogens with one attached hydrogen (secondary N) is 1. The summed E-state index contributed by atoms with van der Waals surface area (Å²) in [5, 5.41) is 2.78. The van der Waals surface area contributed by atoms with Gasteiger partial charge >= 0.3 is 0 Å². The molecule has 104 valence electrons. The molecule has 0 aliphatic carbocycles. The number of hydrazine groups is 1. The molecule has 0 spiro atoms. The van der Waals surface area contributed by atoms with Gasteiger partial charge in [-0.05, 0) is 24.1 Å². The Balaban J connectivity index is 1.70. The number of fused-ring (bicyclic) bond motifs is 1. The van der Waals surface area contributed by atoms with Gasteiger partial charge in [0, 0.05) is 35.3 Å². The highest BCUT2D eigenvalue weighted by molar-refractivity contribution is 7.15. The first kappa shape index (κ1) is 13.6. The molecule has 0 radical (unpaired) electrons. The van der Waals surface area contributed by atoms with E-state index in [0.29, 0.717) is 0 Å². The van der Waals surface area contributed by atoms with Gasteiger partial charge in [-0.15, -0.1) is 11.3 Å². The van der Waals surface area contributed by atoms with Gasteiger partial charge in [-0.1, -0.05) is 23.7 Å². The lowest BCUT2D eigenvalue weighted by atomic mass is 10.0. The van der Waals surface area contributed by atoms with Crippen LogP contribution in [0.5, 0.6) is 0 Å². The van der Waals surface area contributed by atoms with E-state index in [9.17, 15) is 0 Å². The Hall–Kier alpha value is -1.40. The van der Waals surface area contributed by atoms with Crippen molar-refractivity contribution in [2.24, 2.45) is 5.84 Å². The molecule has 3 aromatic rings. The maximum Gasteiger partial charge on any atom is 0.193 e. The third-order valence-electron chi connectivity index (χ3n) is 3.23. The fourth-order valence-corrected chi connectivity index (χ4v) is 3.07. The molecular weight excluding hydrogens is 292 g/mol. The van der Waals surface area contributed by atoms with E-state index in [1.807, 2.05) is 40.2 Å². The van der Waals surface area contributed by atoms with Crippen LogP contribution in [-0.4, -0.2) is 15.4 Å². The summed E-state index contributed by atoms with van der Waals surface area (Å²) < 4.78 is 2.04. The van der Waals surface area contributed by atoms with Crippen LogP contribution in [-0.2, 0) is 12.8 Å². The van der Waals surface area contributed by atoms with E-state index in [2.05, 4.69) is 16.6 Å². The molecule has 1 unspecified atom stereocenters. The summed E-state index contributed by atoms with van der Waals surface area (Å²) in [6, 6.07) is 8.01. The summed E-state index contributed by atoms with van der Waals surface area (Å²) in [5.74, 6) is 5.66. The number of rotatable bonds is 5. The predicted octanol–water partition coefficient (Wildman–Crippen LogP) is 2.67. The first-order valence-corrected chi connectivity index (χ1v) is 7.62. The quantitative estimate of drug-likeness (QED) is 0.563. The number of thiazole rings is 1. The van der Waals surface area contributed by atoms with Crippen LogP contribution in [0.3, 0.4) is 0 Å². The lowest BCUT2D eigenvalue weighted by molar-refractivity contribution is 0.518. The molecule has 0 aliphatic heterocycles. The Kier molecular flexibility index (Phi) is 4.03. The van der Waals surface area contributed by atoms with Crippen LogP contribution >= 0.6 is 22.9 Å². The number of halogens is 1. The molecule has 3 rings (SSSR count). The van der Waals surface area contributed by atoms with Gasteiger partial charge in [-0.3, -0.25) is 15.7 Å². The van der Waals surface area contributed by atoms with Crippen molar-refractivity contribution >= 4 is 27.9 Å². The normalized spacial score (nSPS) is 12.9. The SMILES string of the molecule is NNC(Cc1ccc(Cl)cc1)Cc1cn2ccsc2n1. The number of nitrogens with two attached hydrogens (primary N) is 1. The molecule has 0 aliphatic rings. The Labute approximate surface area is 126 Å². The number of benzene rings is 1. The average molecular weight is 307 g/mol. The minimum absolute atomic E-state index is 0.154. The van der Waals surface area contributed by atoms with Crippen molar-refractivity contribution in [2.75, 3.05) is 0 Å². The molecule has 20 heavy (non-hydrogen) atoms. The van der Waals surface area contributed by atoms with E-state index in [-0.39, 0.29) is 6.04 Å². The third kappa shape index (κ3) is 3.02. The number of hydrogen-bond acceptors (Lipinski definition) is 4. The molecule has 0 amide bonds.